The molecule has 3 nitrogen and oxygen atoms in total. The molecule has 0 aliphatic heterocycles. The lowest BCUT2D eigenvalue weighted by Gasteiger charge is -2.03. The SMILES string of the molecule is Cc1nn(C)c(CCN)c1-c1cccs1. The molecule has 0 amide bonds. The van der Waals surface area contributed by atoms with Gasteiger partial charge in [0.05, 0.1) is 5.69 Å². The van der Waals surface area contributed by atoms with E-state index in [9.17, 15) is 0 Å². The van der Waals surface area contributed by atoms with Crippen molar-refractivity contribution in [3.8, 4) is 10.4 Å². The first-order valence-electron chi connectivity index (χ1n) is 5.00. The summed E-state index contributed by atoms with van der Waals surface area (Å²) in [5.41, 5.74) is 9.21. The summed E-state index contributed by atoms with van der Waals surface area (Å²) in [5, 5.41) is 6.54. The lowest BCUT2D eigenvalue weighted by molar-refractivity contribution is 0.701. The molecule has 0 atom stereocenters. The van der Waals surface area contributed by atoms with Gasteiger partial charge in [-0.15, -0.1) is 11.3 Å². The maximum Gasteiger partial charge on any atom is 0.0683 e. The maximum atomic E-state index is 5.62. The Bertz CT molecular complexity index is 443. The third kappa shape index (κ3) is 1.82. The first-order valence-corrected chi connectivity index (χ1v) is 5.88. The fourth-order valence-corrected chi connectivity index (χ4v) is 2.72. The quantitative estimate of drug-likeness (QED) is 0.861. The van der Waals surface area contributed by atoms with E-state index >= 15 is 0 Å². The monoisotopic (exact) mass is 221 g/mol. The second-order valence-corrected chi connectivity index (χ2v) is 4.49. The minimum absolute atomic E-state index is 0.664. The van der Waals surface area contributed by atoms with Gasteiger partial charge in [0.25, 0.3) is 0 Å². The molecular formula is C11H15N3S. The van der Waals surface area contributed by atoms with E-state index < -0.39 is 0 Å². The van der Waals surface area contributed by atoms with Crippen molar-refractivity contribution in [2.45, 2.75) is 13.3 Å². The van der Waals surface area contributed by atoms with Crippen LogP contribution in [0.15, 0.2) is 17.5 Å². The van der Waals surface area contributed by atoms with Gasteiger partial charge >= 0.3 is 0 Å². The molecule has 2 heterocycles. The zero-order valence-electron chi connectivity index (χ0n) is 9.03. The highest BCUT2D eigenvalue weighted by Crippen LogP contribution is 2.30. The summed E-state index contributed by atoms with van der Waals surface area (Å²) >= 11 is 1.75. The van der Waals surface area contributed by atoms with Gasteiger partial charge < -0.3 is 5.73 Å². The number of hydrogen-bond acceptors (Lipinski definition) is 3. The van der Waals surface area contributed by atoms with Crippen LogP contribution in [0.5, 0.6) is 0 Å². The van der Waals surface area contributed by atoms with E-state index in [1.165, 1.54) is 16.1 Å². The molecule has 0 spiro atoms. The molecule has 0 saturated heterocycles. The van der Waals surface area contributed by atoms with Crippen LogP contribution in [0.4, 0.5) is 0 Å². The van der Waals surface area contributed by atoms with E-state index in [-0.39, 0.29) is 0 Å². The normalized spacial score (nSPS) is 10.9. The fraction of sp³-hybridized carbons (Fsp3) is 0.364. The standard InChI is InChI=1S/C11H15N3S/c1-8-11(10-4-3-7-15-10)9(5-6-12)14(2)13-8/h3-4,7H,5-6,12H2,1-2H3. The highest BCUT2D eigenvalue weighted by Gasteiger charge is 2.14. The Balaban J connectivity index is 2.54. The highest BCUT2D eigenvalue weighted by molar-refractivity contribution is 7.13. The summed E-state index contributed by atoms with van der Waals surface area (Å²) in [6.07, 6.45) is 0.880. The van der Waals surface area contributed by atoms with E-state index in [0.717, 1.165) is 12.1 Å². The lowest BCUT2D eigenvalue weighted by atomic mass is 10.1. The van der Waals surface area contributed by atoms with E-state index in [2.05, 4.69) is 29.5 Å². The van der Waals surface area contributed by atoms with Crippen LogP contribution >= 0.6 is 11.3 Å². The van der Waals surface area contributed by atoms with Crippen molar-refractivity contribution < 1.29 is 0 Å². The van der Waals surface area contributed by atoms with Gasteiger partial charge in [-0.2, -0.15) is 5.10 Å². The van der Waals surface area contributed by atoms with Gasteiger partial charge in [0.1, 0.15) is 0 Å². The zero-order valence-corrected chi connectivity index (χ0v) is 9.84. The summed E-state index contributed by atoms with van der Waals surface area (Å²) < 4.78 is 1.94. The van der Waals surface area contributed by atoms with Crippen LogP contribution in [0.25, 0.3) is 10.4 Å². The molecule has 2 rings (SSSR count). The van der Waals surface area contributed by atoms with Crippen LogP contribution in [0.3, 0.4) is 0 Å². The largest absolute Gasteiger partial charge is 0.330 e. The number of hydrogen-bond donors (Lipinski definition) is 1. The van der Waals surface area contributed by atoms with Gasteiger partial charge in [-0.25, -0.2) is 0 Å². The summed E-state index contributed by atoms with van der Waals surface area (Å²) in [5.74, 6) is 0. The number of nitrogens with two attached hydrogens (primary N) is 1. The Morgan fingerprint density at radius 1 is 1.53 bits per heavy atom. The topological polar surface area (TPSA) is 43.8 Å². The molecule has 80 valence electrons. The van der Waals surface area contributed by atoms with E-state index in [0.29, 0.717) is 6.54 Å². The Morgan fingerprint density at radius 2 is 2.33 bits per heavy atom. The van der Waals surface area contributed by atoms with Crippen LogP contribution in [-0.4, -0.2) is 16.3 Å². The predicted molar refractivity (Wildman–Crippen MR) is 64.0 cm³/mol. The Labute approximate surface area is 93.5 Å². The number of nitrogens with zero attached hydrogens (tertiary/aromatic N) is 2. The minimum Gasteiger partial charge on any atom is -0.330 e. The summed E-state index contributed by atoms with van der Waals surface area (Å²) in [6.45, 7) is 2.71. The number of thiophene rings is 1. The predicted octanol–water partition coefficient (Wildman–Crippen LogP) is 1.96. The van der Waals surface area contributed by atoms with Crippen LogP contribution in [0, 0.1) is 6.92 Å². The molecule has 0 aliphatic rings. The van der Waals surface area contributed by atoms with Gasteiger partial charge in [-0.3, -0.25) is 4.68 Å². The molecule has 0 aromatic carbocycles. The van der Waals surface area contributed by atoms with E-state index in [1.54, 1.807) is 11.3 Å². The van der Waals surface area contributed by atoms with Crippen LogP contribution < -0.4 is 5.73 Å². The van der Waals surface area contributed by atoms with Crippen molar-refractivity contribution in [3.05, 3.63) is 28.9 Å². The van der Waals surface area contributed by atoms with Crippen molar-refractivity contribution in [1.29, 1.82) is 0 Å². The Kier molecular flexibility index (Phi) is 2.88. The second-order valence-electron chi connectivity index (χ2n) is 3.55. The molecule has 0 fully saturated rings. The van der Waals surface area contributed by atoms with Gasteiger partial charge in [0, 0.05) is 29.6 Å². The zero-order chi connectivity index (χ0) is 10.8. The average Bonchev–Trinajstić information content (AvgIpc) is 2.77. The van der Waals surface area contributed by atoms with E-state index in [1.807, 2.05) is 11.7 Å². The third-order valence-electron chi connectivity index (χ3n) is 2.49. The van der Waals surface area contributed by atoms with Gasteiger partial charge in [0.15, 0.2) is 0 Å². The molecule has 0 unspecified atom stereocenters. The first kappa shape index (κ1) is 10.4. The van der Waals surface area contributed by atoms with Crippen molar-refractivity contribution in [1.82, 2.24) is 9.78 Å². The van der Waals surface area contributed by atoms with Crippen molar-refractivity contribution in [2.24, 2.45) is 12.8 Å². The maximum absolute atomic E-state index is 5.62. The van der Waals surface area contributed by atoms with Crippen LogP contribution in [0.2, 0.25) is 0 Å². The molecule has 0 aliphatic carbocycles. The molecule has 4 heteroatoms. The van der Waals surface area contributed by atoms with E-state index in [4.69, 9.17) is 5.73 Å². The summed E-state index contributed by atoms with van der Waals surface area (Å²) in [6, 6.07) is 4.20. The fourth-order valence-electron chi connectivity index (χ4n) is 1.87. The molecule has 2 N–H and O–H groups in total. The average molecular weight is 221 g/mol. The van der Waals surface area contributed by atoms with Gasteiger partial charge in [-0.05, 0) is 24.9 Å². The third-order valence-corrected chi connectivity index (χ3v) is 3.38. The number of aryl methyl sites for hydroxylation is 2. The molecule has 15 heavy (non-hydrogen) atoms. The van der Waals surface area contributed by atoms with Crippen molar-refractivity contribution in [2.75, 3.05) is 6.54 Å². The molecule has 0 saturated carbocycles. The number of rotatable bonds is 3. The Morgan fingerprint density at radius 3 is 2.93 bits per heavy atom. The second kappa shape index (κ2) is 4.16. The van der Waals surface area contributed by atoms with Crippen molar-refractivity contribution in [3.63, 3.8) is 0 Å². The number of aromatic nitrogens is 2. The summed E-state index contributed by atoms with van der Waals surface area (Å²) in [7, 11) is 1.98. The Hall–Kier alpha value is -1.13. The minimum atomic E-state index is 0.664. The lowest BCUT2D eigenvalue weighted by Crippen LogP contribution is -2.08. The smallest absolute Gasteiger partial charge is 0.0683 e. The molecule has 2 aromatic heterocycles. The van der Waals surface area contributed by atoms with Gasteiger partial charge in [-0.1, -0.05) is 6.07 Å². The highest BCUT2D eigenvalue weighted by atomic mass is 32.1. The van der Waals surface area contributed by atoms with Crippen molar-refractivity contribution >= 4 is 11.3 Å². The first-order chi connectivity index (χ1) is 7.24. The molecule has 0 radical (unpaired) electrons. The molecular weight excluding hydrogens is 206 g/mol. The van der Waals surface area contributed by atoms with Crippen LogP contribution in [-0.2, 0) is 13.5 Å². The molecule has 0 bridgehead atoms. The summed E-state index contributed by atoms with van der Waals surface area (Å²) in [4.78, 5) is 1.28. The molecule has 2 aromatic rings. The van der Waals surface area contributed by atoms with Gasteiger partial charge in [0.2, 0.25) is 0 Å². The van der Waals surface area contributed by atoms with Crippen LogP contribution in [0.1, 0.15) is 11.4 Å².